The van der Waals surface area contributed by atoms with Crippen LogP contribution in [0.1, 0.15) is 50.7 Å². The molecule has 2 nitrogen and oxygen atoms in total. The normalized spacial score (nSPS) is 15.9. The average Bonchev–Trinajstić information content (AvgIpc) is 3.13. The van der Waals surface area contributed by atoms with Crippen molar-refractivity contribution >= 4 is 0 Å². The van der Waals surface area contributed by atoms with Crippen LogP contribution < -0.4 is 5.32 Å². The maximum atomic E-state index is 5.68. The molecule has 18 heavy (non-hydrogen) atoms. The van der Waals surface area contributed by atoms with Crippen molar-refractivity contribution in [1.82, 2.24) is 5.32 Å². The first kappa shape index (κ1) is 13.6. The minimum atomic E-state index is -0.0805. The van der Waals surface area contributed by atoms with Crippen LogP contribution in [-0.4, -0.2) is 18.8 Å². The van der Waals surface area contributed by atoms with Gasteiger partial charge in [0, 0.05) is 19.7 Å². The molecular weight excluding hydrogens is 222 g/mol. The molecule has 0 atom stereocenters. The van der Waals surface area contributed by atoms with Gasteiger partial charge in [0.2, 0.25) is 0 Å². The second-order valence-corrected chi connectivity index (χ2v) is 5.82. The topological polar surface area (TPSA) is 21.3 Å². The molecule has 1 fully saturated rings. The van der Waals surface area contributed by atoms with Crippen LogP contribution in [0.5, 0.6) is 0 Å². The molecule has 0 bridgehead atoms. The minimum Gasteiger partial charge on any atom is -0.375 e. The molecule has 0 aromatic heterocycles. The SMILES string of the molecule is CCOC(C)(C)CNCc1cccc(C2CC2)c1. The predicted octanol–water partition coefficient (Wildman–Crippen LogP) is 3.47. The highest BCUT2D eigenvalue weighted by atomic mass is 16.5. The van der Waals surface area contributed by atoms with E-state index in [0.717, 1.165) is 25.6 Å². The van der Waals surface area contributed by atoms with Crippen molar-refractivity contribution in [1.29, 1.82) is 0 Å². The van der Waals surface area contributed by atoms with Gasteiger partial charge in [0.05, 0.1) is 5.60 Å². The first-order valence-corrected chi connectivity index (χ1v) is 7.04. The Morgan fingerprint density at radius 1 is 1.33 bits per heavy atom. The summed E-state index contributed by atoms with van der Waals surface area (Å²) < 4.78 is 5.68. The third kappa shape index (κ3) is 4.11. The molecule has 1 aliphatic rings. The maximum absolute atomic E-state index is 5.68. The molecule has 0 radical (unpaired) electrons. The van der Waals surface area contributed by atoms with Crippen LogP contribution in [0.15, 0.2) is 24.3 Å². The Labute approximate surface area is 111 Å². The molecule has 100 valence electrons. The highest BCUT2D eigenvalue weighted by Crippen LogP contribution is 2.40. The van der Waals surface area contributed by atoms with Gasteiger partial charge in [-0.2, -0.15) is 0 Å². The summed E-state index contributed by atoms with van der Waals surface area (Å²) in [4.78, 5) is 0. The lowest BCUT2D eigenvalue weighted by atomic mass is 10.1. The van der Waals surface area contributed by atoms with Crippen LogP contribution in [0, 0.1) is 0 Å². The monoisotopic (exact) mass is 247 g/mol. The van der Waals surface area contributed by atoms with E-state index in [4.69, 9.17) is 4.74 Å². The first-order chi connectivity index (χ1) is 8.61. The maximum Gasteiger partial charge on any atom is 0.0750 e. The van der Waals surface area contributed by atoms with E-state index in [1.807, 2.05) is 6.92 Å². The molecule has 1 aromatic carbocycles. The Morgan fingerprint density at radius 3 is 2.78 bits per heavy atom. The van der Waals surface area contributed by atoms with E-state index in [-0.39, 0.29) is 5.60 Å². The van der Waals surface area contributed by atoms with Crippen LogP contribution in [-0.2, 0) is 11.3 Å². The van der Waals surface area contributed by atoms with Gasteiger partial charge in [-0.25, -0.2) is 0 Å². The fourth-order valence-electron chi connectivity index (χ4n) is 2.32. The highest BCUT2D eigenvalue weighted by molar-refractivity contribution is 5.29. The molecule has 0 unspecified atom stereocenters. The van der Waals surface area contributed by atoms with E-state index in [1.54, 1.807) is 0 Å². The van der Waals surface area contributed by atoms with Crippen LogP contribution in [0.3, 0.4) is 0 Å². The summed E-state index contributed by atoms with van der Waals surface area (Å²) in [5.41, 5.74) is 2.81. The number of hydrogen-bond acceptors (Lipinski definition) is 2. The van der Waals surface area contributed by atoms with E-state index in [1.165, 1.54) is 24.0 Å². The average molecular weight is 247 g/mol. The molecular formula is C16H25NO. The van der Waals surface area contributed by atoms with Gasteiger partial charge in [0.25, 0.3) is 0 Å². The molecule has 1 aliphatic carbocycles. The van der Waals surface area contributed by atoms with E-state index >= 15 is 0 Å². The first-order valence-electron chi connectivity index (χ1n) is 7.04. The lowest BCUT2D eigenvalue weighted by Gasteiger charge is -2.25. The minimum absolute atomic E-state index is 0.0805. The van der Waals surface area contributed by atoms with Crippen molar-refractivity contribution in [2.45, 2.75) is 51.7 Å². The Kier molecular flexibility index (Phi) is 4.41. The Bertz CT molecular complexity index is 382. The van der Waals surface area contributed by atoms with Gasteiger partial charge in [-0.3, -0.25) is 0 Å². The van der Waals surface area contributed by atoms with Crippen molar-refractivity contribution in [3.05, 3.63) is 35.4 Å². The second-order valence-electron chi connectivity index (χ2n) is 5.82. The van der Waals surface area contributed by atoms with Crippen molar-refractivity contribution in [2.75, 3.05) is 13.2 Å². The smallest absolute Gasteiger partial charge is 0.0750 e. The third-order valence-corrected chi connectivity index (χ3v) is 3.41. The molecule has 2 heteroatoms. The number of rotatable bonds is 7. The number of benzene rings is 1. The number of ether oxygens (including phenoxy) is 1. The quantitative estimate of drug-likeness (QED) is 0.796. The molecule has 1 saturated carbocycles. The van der Waals surface area contributed by atoms with Gasteiger partial charge in [-0.15, -0.1) is 0 Å². The Balaban J connectivity index is 1.81. The molecule has 0 amide bonds. The van der Waals surface area contributed by atoms with Crippen LogP contribution >= 0.6 is 0 Å². The van der Waals surface area contributed by atoms with E-state index in [0.29, 0.717) is 0 Å². The fourth-order valence-corrected chi connectivity index (χ4v) is 2.32. The lowest BCUT2D eigenvalue weighted by Crippen LogP contribution is -2.37. The molecule has 0 spiro atoms. The molecule has 1 aromatic rings. The van der Waals surface area contributed by atoms with Crippen molar-refractivity contribution in [3.8, 4) is 0 Å². The standard InChI is InChI=1S/C16H25NO/c1-4-18-16(2,3)12-17-11-13-6-5-7-15(10-13)14-8-9-14/h5-7,10,14,17H,4,8-9,11-12H2,1-3H3. The van der Waals surface area contributed by atoms with Crippen molar-refractivity contribution < 1.29 is 4.74 Å². The summed E-state index contributed by atoms with van der Waals surface area (Å²) in [5, 5.41) is 3.49. The van der Waals surface area contributed by atoms with E-state index in [2.05, 4.69) is 43.4 Å². The van der Waals surface area contributed by atoms with Crippen molar-refractivity contribution in [3.63, 3.8) is 0 Å². The summed E-state index contributed by atoms with van der Waals surface area (Å²) in [6.45, 7) is 8.88. The number of hydrogen-bond donors (Lipinski definition) is 1. The van der Waals surface area contributed by atoms with Gasteiger partial charge < -0.3 is 10.1 Å². The van der Waals surface area contributed by atoms with Crippen LogP contribution in [0.2, 0.25) is 0 Å². The van der Waals surface area contributed by atoms with Gasteiger partial charge in [0.1, 0.15) is 0 Å². The van der Waals surface area contributed by atoms with Gasteiger partial charge in [-0.05, 0) is 50.7 Å². The zero-order chi connectivity index (χ0) is 13.0. The molecule has 2 rings (SSSR count). The highest BCUT2D eigenvalue weighted by Gasteiger charge is 2.23. The number of nitrogens with one attached hydrogen (secondary N) is 1. The van der Waals surface area contributed by atoms with Crippen LogP contribution in [0.25, 0.3) is 0 Å². The Hall–Kier alpha value is -0.860. The lowest BCUT2D eigenvalue weighted by molar-refractivity contribution is -0.00897. The molecule has 0 saturated heterocycles. The fraction of sp³-hybridized carbons (Fsp3) is 0.625. The van der Waals surface area contributed by atoms with Crippen molar-refractivity contribution in [2.24, 2.45) is 0 Å². The predicted molar refractivity (Wildman–Crippen MR) is 75.8 cm³/mol. The van der Waals surface area contributed by atoms with E-state index < -0.39 is 0 Å². The summed E-state index contributed by atoms with van der Waals surface area (Å²) in [7, 11) is 0. The summed E-state index contributed by atoms with van der Waals surface area (Å²) in [6, 6.07) is 8.98. The Morgan fingerprint density at radius 2 is 2.11 bits per heavy atom. The molecule has 1 N–H and O–H groups in total. The zero-order valence-corrected chi connectivity index (χ0v) is 11.8. The van der Waals surface area contributed by atoms with Crippen LogP contribution in [0.4, 0.5) is 0 Å². The summed E-state index contributed by atoms with van der Waals surface area (Å²) in [6.07, 6.45) is 2.74. The van der Waals surface area contributed by atoms with Gasteiger partial charge in [0.15, 0.2) is 0 Å². The van der Waals surface area contributed by atoms with Gasteiger partial charge in [-0.1, -0.05) is 24.3 Å². The van der Waals surface area contributed by atoms with Gasteiger partial charge >= 0.3 is 0 Å². The largest absolute Gasteiger partial charge is 0.375 e. The third-order valence-electron chi connectivity index (χ3n) is 3.41. The zero-order valence-electron chi connectivity index (χ0n) is 11.8. The summed E-state index contributed by atoms with van der Waals surface area (Å²) >= 11 is 0. The molecule has 0 heterocycles. The molecule has 0 aliphatic heterocycles. The van der Waals surface area contributed by atoms with E-state index in [9.17, 15) is 0 Å². The summed E-state index contributed by atoms with van der Waals surface area (Å²) in [5.74, 6) is 0.838. The second kappa shape index (κ2) is 5.85.